The summed E-state index contributed by atoms with van der Waals surface area (Å²) < 4.78 is 5.02. The van der Waals surface area contributed by atoms with Crippen molar-refractivity contribution in [2.75, 3.05) is 33.9 Å². The van der Waals surface area contributed by atoms with E-state index in [9.17, 15) is 0 Å². The Morgan fingerprint density at radius 2 is 2.23 bits per heavy atom. The second kappa shape index (κ2) is 5.58. The molecule has 1 atom stereocenters. The lowest BCUT2D eigenvalue weighted by Crippen LogP contribution is -2.40. The van der Waals surface area contributed by atoms with E-state index in [1.54, 1.807) is 7.11 Å². The summed E-state index contributed by atoms with van der Waals surface area (Å²) in [5.41, 5.74) is 5.75. The van der Waals surface area contributed by atoms with E-state index < -0.39 is 0 Å². The van der Waals surface area contributed by atoms with Gasteiger partial charge >= 0.3 is 0 Å². The average Bonchev–Trinajstić information content (AvgIpc) is 2.90. The molecule has 0 aromatic carbocycles. The maximum absolute atomic E-state index is 5.75. The zero-order valence-corrected chi connectivity index (χ0v) is 8.83. The second-order valence-corrected chi connectivity index (χ2v) is 3.97. The van der Waals surface area contributed by atoms with Gasteiger partial charge in [-0.25, -0.2) is 0 Å². The van der Waals surface area contributed by atoms with Gasteiger partial charge in [0.05, 0.1) is 0 Å². The van der Waals surface area contributed by atoms with Gasteiger partial charge in [-0.3, -0.25) is 0 Å². The number of likely N-dealkylation sites (N-methyl/N-ethyl adjacent to an activating group) is 1. The monoisotopic (exact) mass is 186 g/mol. The Labute approximate surface area is 81.2 Å². The van der Waals surface area contributed by atoms with Gasteiger partial charge in [0.1, 0.15) is 0 Å². The topological polar surface area (TPSA) is 38.5 Å². The van der Waals surface area contributed by atoms with Crippen LogP contribution in [0.25, 0.3) is 0 Å². The Kier molecular flexibility index (Phi) is 4.70. The normalized spacial score (nSPS) is 19.4. The Morgan fingerprint density at radius 3 is 2.69 bits per heavy atom. The molecule has 0 spiro atoms. The third kappa shape index (κ3) is 3.63. The summed E-state index contributed by atoms with van der Waals surface area (Å²) in [7, 11) is 3.92. The maximum Gasteiger partial charge on any atom is 0.0474 e. The molecule has 0 aromatic heterocycles. The van der Waals surface area contributed by atoms with Gasteiger partial charge < -0.3 is 15.4 Å². The predicted molar refractivity (Wildman–Crippen MR) is 54.7 cm³/mol. The van der Waals surface area contributed by atoms with Crippen molar-refractivity contribution in [3.8, 4) is 0 Å². The highest BCUT2D eigenvalue weighted by Gasteiger charge is 2.32. The van der Waals surface area contributed by atoms with Gasteiger partial charge in [0.25, 0.3) is 0 Å². The molecule has 1 unspecified atom stereocenters. The number of ether oxygens (including phenoxy) is 1. The molecule has 0 bridgehead atoms. The minimum atomic E-state index is 0.608. The molecule has 1 aliphatic carbocycles. The standard InChI is InChI=1S/C10H22N2O/c1-12(6-3-7-13-2)10(8-11)9-4-5-9/h9-10H,3-8,11H2,1-2H3. The first-order valence-corrected chi connectivity index (χ1v) is 5.18. The molecule has 13 heavy (non-hydrogen) atoms. The third-order valence-electron chi connectivity index (χ3n) is 2.83. The van der Waals surface area contributed by atoms with E-state index in [-0.39, 0.29) is 0 Å². The van der Waals surface area contributed by atoms with E-state index in [4.69, 9.17) is 10.5 Å². The maximum atomic E-state index is 5.75. The Bertz CT molecular complexity index is 137. The summed E-state index contributed by atoms with van der Waals surface area (Å²) in [5, 5.41) is 0. The number of hydrogen-bond donors (Lipinski definition) is 1. The summed E-state index contributed by atoms with van der Waals surface area (Å²) in [5.74, 6) is 0.873. The SMILES string of the molecule is COCCCN(C)C(CN)C1CC1. The molecular formula is C10H22N2O. The summed E-state index contributed by atoms with van der Waals surface area (Å²) in [6.45, 7) is 2.76. The van der Waals surface area contributed by atoms with Crippen molar-refractivity contribution < 1.29 is 4.74 Å². The highest BCUT2D eigenvalue weighted by atomic mass is 16.5. The van der Waals surface area contributed by atoms with Crippen LogP contribution < -0.4 is 5.73 Å². The number of methoxy groups -OCH3 is 1. The van der Waals surface area contributed by atoms with Gasteiger partial charge in [0.2, 0.25) is 0 Å². The van der Waals surface area contributed by atoms with Crippen LogP contribution in [0.15, 0.2) is 0 Å². The van der Waals surface area contributed by atoms with Crippen LogP contribution in [-0.2, 0) is 4.74 Å². The molecule has 1 rings (SSSR count). The number of nitrogens with zero attached hydrogens (tertiary/aromatic N) is 1. The lowest BCUT2D eigenvalue weighted by molar-refractivity contribution is 0.160. The van der Waals surface area contributed by atoms with E-state index in [1.165, 1.54) is 12.8 Å². The van der Waals surface area contributed by atoms with Crippen molar-refractivity contribution in [2.45, 2.75) is 25.3 Å². The van der Waals surface area contributed by atoms with Crippen LogP contribution in [0.4, 0.5) is 0 Å². The van der Waals surface area contributed by atoms with Crippen molar-refractivity contribution >= 4 is 0 Å². The van der Waals surface area contributed by atoms with E-state index in [0.717, 1.165) is 32.0 Å². The highest BCUT2D eigenvalue weighted by Crippen LogP contribution is 2.34. The molecule has 0 aliphatic heterocycles. The fraction of sp³-hybridized carbons (Fsp3) is 1.00. The summed E-state index contributed by atoms with van der Waals surface area (Å²) >= 11 is 0. The van der Waals surface area contributed by atoms with Crippen molar-refractivity contribution in [2.24, 2.45) is 11.7 Å². The number of nitrogens with two attached hydrogens (primary N) is 1. The van der Waals surface area contributed by atoms with Gasteiger partial charge in [-0.2, -0.15) is 0 Å². The average molecular weight is 186 g/mol. The zero-order chi connectivity index (χ0) is 9.68. The first-order chi connectivity index (χ1) is 6.29. The molecule has 3 nitrogen and oxygen atoms in total. The van der Waals surface area contributed by atoms with Crippen molar-refractivity contribution in [1.82, 2.24) is 4.90 Å². The van der Waals surface area contributed by atoms with Crippen molar-refractivity contribution in [3.63, 3.8) is 0 Å². The molecule has 1 saturated carbocycles. The van der Waals surface area contributed by atoms with Crippen LogP contribution in [0.3, 0.4) is 0 Å². The van der Waals surface area contributed by atoms with Crippen LogP contribution in [0, 0.1) is 5.92 Å². The first kappa shape index (κ1) is 11.0. The summed E-state index contributed by atoms with van der Waals surface area (Å²) in [4.78, 5) is 2.39. The van der Waals surface area contributed by atoms with E-state index in [2.05, 4.69) is 11.9 Å². The first-order valence-electron chi connectivity index (χ1n) is 5.18. The summed E-state index contributed by atoms with van der Waals surface area (Å²) in [6, 6.07) is 0.608. The van der Waals surface area contributed by atoms with Crippen LogP contribution in [0.5, 0.6) is 0 Å². The minimum absolute atomic E-state index is 0.608. The van der Waals surface area contributed by atoms with Crippen LogP contribution in [-0.4, -0.2) is 44.8 Å². The smallest absolute Gasteiger partial charge is 0.0474 e. The molecule has 0 amide bonds. The largest absolute Gasteiger partial charge is 0.385 e. The van der Waals surface area contributed by atoms with E-state index >= 15 is 0 Å². The molecular weight excluding hydrogens is 164 g/mol. The van der Waals surface area contributed by atoms with Gasteiger partial charge in [0.15, 0.2) is 0 Å². The molecule has 0 radical (unpaired) electrons. The van der Waals surface area contributed by atoms with Crippen LogP contribution in [0.2, 0.25) is 0 Å². The van der Waals surface area contributed by atoms with E-state index in [1.807, 2.05) is 0 Å². The quantitative estimate of drug-likeness (QED) is 0.595. The zero-order valence-electron chi connectivity index (χ0n) is 8.83. The summed E-state index contributed by atoms with van der Waals surface area (Å²) in [6.07, 6.45) is 3.85. The molecule has 78 valence electrons. The third-order valence-corrected chi connectivity index (χ3v) is 2.83. The molecule has 1 aliphatic rings. The lowest BCUT2D eigenvalue weighted by atomic mass is 10.1. The Balaban J connectivity index is 2.15. The number of hydrogen-bond acceptors (Lipinski definition) is 3. The molecule has 2 N–H and O–H groups in total. The molecule has 3 heteroatoms. The lowest BCUT2D eigenvalue weighted by Gasteiger charge is -2.26. The molecule has 1 fully saturated rings. The van der Waals surface area contributed by atoms with Gasteiger partial charge in [0, 0.05) is 32.8 Å². The van der Waals surface area contributed by atoms with Gasteiger partial charge in [-0.1, -0.05) is 0 Å². The van der Waals surface area contributed by atoms with E-state index in [0.29, 0.717) is 6.04 Å². The fourth-order valence-corrected chi connectivity index (χ4v) is 1.84. The molecule has 0 saturated heterocycles. The Hall–Kier alpha value is -0.120. The van der Waals surface area contributed by atoms with Crippen LogP contribution in [0.1, 0.15) is 19.3 Å². The van der Waals surface area contributed by atoms with Crippen molar-refractivity contribution in [3.05, 3.63) is 0 Å². The van der Waals surface area contributed by atoms with Crippen LogP contribution >= 0.6 is 0 Å². The predicted octanol–water partition coefficient (Wildman–Crippen LogP) is 0.692. The highest BCUT2D eigenvalue weighted by molar-refractivity contribution is 4.87. The minimum Gasteiger partial charge on any atom is -0.385 e. The fourth-order valence-electron chi connectivity index (χ4n) is 1.84. The van der Waals surface area contributed by atoms with Crippen molar-refractivity contribution in [1.29, 1.82) is 0 Å². The van der Waals surface area contributed by atoms with Gasteiger partial charge in [-0.15, -0.1) is 0 Å². The molecule has 0 aromatic rings. The Morgan fingerprint density at radius 1 is 1.54 bits per heavy atom. The van der Waals surface area contributed by atoms with Gasteiger partial charge in [-0.05, 0) is 32.2 Å². The molecule has 0 heterocycles. The number of rotatable bonds is 7. The second-order valence-electron chi connectivity index (χ2n) is 3.97.